The highest BCUT2D eigenvalue weighted by molar-refractivity contribution is 5.99. The van der Waals surface area contributed by atoms with Crippen molar-refractivity contribution in [2.75, 3.05) is 11.9 Å². The van der Waals surface area contributed by atoms with E-state index in [2.05, 4.69) is 5.32 Å². The maximum atomic E-state index is 13.1. The summed E-state index contributed by atoms with van der Waals surface area (Å²) in [5.41, 5.74) is 2.44. The molecule has 0 spiro atoms. The summed E-state index contributed by atoms with van der Waals surface area (Å²) in [6, 6.07) is 23.1. The van der Waals surface area contributed by atoms with E-state index in [9.17, 15) is 9.59 Å². The number of carbonyl (C=O) groups is 2. The monoisotopic (exact) mass is 389 g/mol. The lowest BCUT2D eigenvalue weighted by atomic mass is 10.1. The summed E-state index contributed by atoms with van der Waals surface area (Å²) in [4.78, 5) is 25.7. The van der Waals surface area contributed by atoms with Crippen molar-refractivity contribution in [3.05, 3.63) is 95.6 Å². The van der Waals surface area contributed by atoms with Crippen molar-refractivity contribution in [3.8, 4) is 5.75 Å². The number of nitrogens with one attached hydrogen (secondary N) is 1. The highest BCUT2D eigenvalue weighted by Crippen LogP contribution is 2.27. The van der Waals surface area contributed by atoms with E-state index in [-0.39, 0.29) is 0 Å². The zero-order valence-corrected chi connectivity index (χ0v) is 16.4. The minimum absolute atomic E-state index is 0.397. The van der Waals surface area contributed by atoms with Gasteiger partial charge in [-0.3, -0.25) is 4.79 Å². The first kappa shape index (κ1) is 20.1. The number of hydrogen-bond acceptors (Lipinski definition) is 4. The summed E-state index contributed by atoms with van der Waals surface area (Å²) in [6.45, 7) is 4.23. The van der Waals surface area contributed by atoms with Crippen LogP contribution in [-0.4, -0.2) is 18.5 Å². The van der Waals surface area contributed by atoms with Crippen molar-refractivity contribution in [1.29, 1.82) is 0 Å². The fraction of sp³-hybridized carbons (Fsp3) is 0.167. The molecule has 0 heterocycles. The first-order valence-electron chi connectivity index (χ1n) is 9.43. The summed E-state index contributed by atoms with van der Waals surface area (Å²) in [6.07, 6.45) is -1.10. The Hall–Kier alpha value is -3.60. The molecule has 0 aliphatic carbocycles. The second-order valence-corrected chi connectivity index (χ2v) is 6.48. The molecule has 3 rings (SSSR count). The van der Waals surface area contributed by atoms with Gasteiger partial charge in [-0.05, 0) is 38.1 Å². The number of para-hydroxylation sites is 2. The quantitative estimate of drug-likeness (QED) is 0.582. The Balaban J connectivity index is 1.86. The van der Waals surface area contributed by atoms with Crippen molar-refractivity contribution >= 4 is 17.6 Å². The van der Waals surface area contributed by atoms with Crippen LogP contribution in [0.1, 0.15) is 34.5 Å². The standard InChI is InChI=1S/C24H23NO4/c1-3-28-21-15-8-7-14-20(21)25-23(26)22(18-11-5-4-6-12-18)29-24(27)19-13-9-10-17(2)16-19/h4-16,22H,3H2,1-2H3,(H,25,26)/t22-/m0/s1. The maximum Gasteiger partial charge on any atom is 0.339 e. The van der Waals surface area contributed by atoms with E-state index >= 15 is 0 Å². The first-order valence-corrected chi connectivity index (χ1v) is 9.43. The minimum Gasteiger partial charge on any atom is -0.492 e. The van der Waals surface area contributed by atoms with E-state index in [0.29, 0.717) is 29.2 Å². The van der Waals surface area contributed by atoms with Gasteiger partial charge in [-0.15, -0.1) is 0 Å². The van der Waals surface area contributed by atoms with E-state index in [4.69, 9.17) is 9.47 Å². The molecule has 0 fully saturated rings. The number of esters is 1. The lowest BCUT2D eigenvalue weighted by Crippen LogP contribution is -2.26. The predicted molar refractivity (Wildman–Crippen MR) is 112 cm³/mol. The van der Waals surface area contributed by atoms with Gasteiger partial charge in [-0.1, -0.05) is 60.2 Å². The number of benzene rings is 3. The van der Waals surface area contributed by atoms with Gasteiger partial charge < -0.3 is 14.8 Å². The molecule has 1 atom stereocenters. The molecular weight excluding hydrogens is 366 g/mol. The SMILES string of the molecule is CCOc1ccccc1NC(=O)[C@@H](OC(=O)c1cccc(C)c1)c1ccccc1. The predicted octanol–water partition coefficient (Wildman–Crippen LogP) is 4.93. The highest BCUT2D eigenvalue weighted by Gasteiger charge is 2.26. The van der Waals surface area contributed by atoms with Crippen molar-refractivity contribution in [2.24, 2.45) is 0 Å². The zero-order valence-electron chi connectivity index (χ0n) is 16.4. The van der Waals surface area contributed by atoms with Crippen molar-refractivity contribution in [3.63, 3.8) is 0 Å². The highest BCUT2D eigenvalue weighted by atomic mass is 16.5. The third kappa shape index (κ3) is 5.23. The second kappa shape index (κ2) is 9.55. The van der Waals surface area contributed by atoms with Crippen LogP contribution in [0.15, 0.2) is 78.9 Å². The fourth-order valence-corrected chi connectivity index (χ4v) is 2.90. The third-order valence-electron chi connectivity index (χ3n) is 4.26. The van der Waals surface area contributed by atoms with Crippen LogP contribution in [0.4, 0.5) is 5.69 Å². The molecule has 29 heavy (non-hydrogen) atoms. The molecule has 5 heteroatoms. The number of aryl methyl sites for hydroxylation is 1. The van der Waals surface area contributed by atoms with Crippen LogP contribution < -0.4 is 10.1 Å². The van der Waals surface area contributed by atoms with Crippen LogP contribution in [0.5, 0.6) is 5.75 Å². The molecule has 3 aromatic rings. The average molecular weight is 389 g/mol. The van der Waals surface area contributed by atoms with Crippen LogP contribution in [0, 0.1) is 6.92 Å². The molecule has 3 aromatic carbocycles. The number of carbonyl (C=O) groups excluding carboxylic acids is 2. The van der Waals surface area contributed by atoms with E-state index in [0.717, 1.165) is 5.56 Å². The zero-order chi connectivity index (χ0) is 20.6. The largest absolute Gasteiger partial charge is 0.492 e. The maximum absolute atomic E-state index is 13.1. The summed E-state index contributed by atoms with van der Waals surface area (Å²) in [5.74, 6) is -0.458. The molecule has 5 nitrogen and oxygen atoms in total. The summed E-state index contributed by atoms with van der Waals surface area (Å²) >= 11 is 0. The van der Waals surface area contributed by atoms with Gasteiger partial charge in [0, 0.05) is 5.56 Å². The summed E-state index contributed by atoms with van der Waals surface area (Å²) < 4.78 is 11.2. The van der Waals surface area contributed by atoms with Gasteiger partial charge in [-0.25, -0.2) is 4.79 Å². The van der Waals surface area contributed by atoms with Gasteiger partial charge in [0.05, 0.1) is 17.9 Å². The molecular formula is C24H23NO4. The van der Waals surface area contributed by atoms with Crippen LogP contribution in [0.3, 0.4) is 0 Å². The van der Waals surface area contributed by atoms with Crippen LogP contribution in [0.2, 0.25) is 0 Å². The average Bonchev–Trinajstić information content (AvgIpc) is 2.74. The smallest absolute Gasteiger partial charge is 0.339 e. The lowest BCUT2D eigenvalue weighted by molar-refractivity contribution is -0.125. The lowest BCUT2D eigenvalue weighted by Gasteiger charge is -2.19. The molecule has 0 unspecified atom stereocenters. The van der Waals surface area contributed by atoms with Gasteiger partial charge >= 0.3 is 5.97 Å². The molecule has 0 saturated carbocycles. The van der Waals surface area contributed by atoms with Crippen LogP contribution >= 0.6 is 0 Å². The third-order valence-corrected chi connectivity index (χ3v) is 4.26. The van der Waals surface area contributed by atoms with Crippen molar-refractivity contribution in [2.45, 2.75) is 20.0 Å². The minimum atomic E-state index is -1.10. The fourth-order valence-electron chi connectivity index (χ4n) is 2.90. The number of anilines is 1. The Labute approximate surface area is 170 Å². The van der Waals surface area contributed by atoms with Crippen LogP contribution in [0.25, 0.3) is 0 Å². The number of amides is 1. The summed E-state index contributed by atoms with van der Waals surface area (Å²) in [5, 5.41) is 2.82. The normalized spacial score (nSPS) is 11.4. The Bertz CT molecular complexity index is 985. The molecule has 1 amide bonds. The number of hydrogen-bond donors (Lipinski definition) is 1. The van der Waals surface area contributed by atoms with E-state index in [1.54, 1.807) is 60.7 Å². The van der Waals surface area contributed by atoms with Gasteiger partial charge in [0.15, 0.2) is 0 Å². The Morgan fingerprint density at radius 2 is 1.66 bits per heavy atom. The number of rotatable bonds is 7. The Kier molecular flexibility index (Phi) is 6.63. The van der Waals surface area contributed by atoms with Gasteiger partial charge in [0.2, 0.25) is 6.10 Å². The van der Waals surface area contributed by atoms with Crippen molar-refractivity contribution in [1.82, 2.24) is 0 Å². The molecule has 0 bridgehead atoms. The summed E-state index contributed by atoms with van der Waals surface area (Å²) in [7, 11) is 0. The second-order valence-electron chi connectivity index (χ2n) is 6.48. The molecule has 0 aliphatic heterocycles. The molecule has 0 aromatic heterocycles. The van der Waals surface area contributed by atoms with Crippen LogP contribution in [-0.2, 0) is 9.53 Å². The first-order chi connectivity index (χ1) is 14.1. The molecule has 0 saturated heterocycles. The molecule has 1 N–H and O–H groups in total. The van der Waals surface area contributed by atoms with E-state index in [1.165, 1.54) is 0 Å². The Morgan fingerprint density at radius 1 is 0.931 bits per heavy atom. The topological polar surface area (TPSA) is 64.6 Å². The number of ether oxygens (including phenoxy) is 2. The van der Waals surface area contributed by atoms with E-state index < -0.39 is 18.0 Å². The van der Waals surface area contributed by atoms with Gasteiger partial charge in [0.25, 0.3) is 5.91 Å². The molecule has 0 radical (unpaired) electrons. The van der Waals surface area contributed by atoms with Gasteiger partial charge in [0.1, 0.15) is 5.75 Å². The van der Waals surface area contributed by atoms with Crippen molar-refractivity contribution < 1.29 is 19.1 Å². The molecule has 0 aliphatic rings. The van der Waals surface area contributed by atoms with Gasteiger partial charge in [-0.2, -0.15) is 0 Å². The van der Waals surface area contributed by atoms with E-state index in [1.807, 2.05) is 32.0 Å². The molecule has 148 valence electrons. The Morgan fingerprint density at radius 3 is 2.38 bits per heavy atom.